The zero-order valence-electron chi connectivity index (χ0n) is 13.3. The molecule has 7 nitrogen and oxygen atoms in total. The van der Waals surface area contributed by atoms with Crippen LogP contribution >= 0.6 is 0 Å². The maximum Gasteiger partial charge on any atom is 0.250 e. The maximum atomic E-state index is 12.7. The van der Waals surface area contributed by atoms with E-state index in [1.165, 1.54) is 10.6 Å². The molecule has 2 fully saturated rings. The number of β-amino-alcohol motifs (C(OH)–C–C–N with tert-alkyl or cyclic N) is 1. The molecule has 3 rings (SSSR count). The van der Waals surface area contributed by atoms with E-state index in [-0.39, 0.29) is 23.5 Å². The Kier molecular flexibility index (Phi) is 4.27. The first-order chi connectivity index (χ1) is 10.9. The van der Waals surface area contributed by atoms with Gasteiger partial charge in [0.2, 0.25) is 11.5 Å². The van der Waals surface area contributed by atoms with Crippen LogP contribution < -0.4 is 10.5 Å². The van der Waals surface area contributed by atoms with Crippen molar-refractivity contribution in [3.05, 3.63) is 28.7 Å². The smallest absolute Gasteiger partial charge is 0.250 e. The standard InChI is InChI=1S/C16H23N3O4/c1-17-7-12(3-4-14(17)22)19-11-16(15(19)23)5-2-6-18(10-16)8-13(21)9-20/h3-4,7,13,20-21H,2,5-6,8-11H2,1H3/t13-,16+/m1/s1. The molecule has 2 N–H and O–H groups in total. The number of β-lactam (4-membered cyclic amide) rings is 1. The van der Waals surface area contributed by atoms with Crippen LogP contribution in [0.3, 0.4) is 0 Å². The highest BCUT2D eigenvalue weighted by Gasteiger charge is 2.54. The molecule has 2 atom stereocenters. The first-order valence-electron chi connectivity index (χ1n) is 7.95. The normalized spacial score (nSPS) is 26.4. The molecule has 1 spiro atoms. The molecule has 0 unspecified atom stereocenters. The number of hydrogen-bond donors (Lipinski definition) is 2. The molecule has 7 heteroatoms. The summed E-state index contributed by atoms with van der Waals surface area (Å²) in [5, 5.41) is 18.6. The minimum absolute atomic E-state index is 0.0827. The van der Waals surface area contributed by atoms with Gasteiger partial charge in [-0.1, -0.05) is 0 Å². The zero-order chi connectivity index (χ0) is 16.6. The van der Waals surface area contributed by atoms with Crippen molar-refractivity contribution in [1.29, 1.82) is 0 Å². The van der Waals surface area contributed by atoms with Gasteiger partial charge in [-0.05, 0) is 25.5 Å². The van der Waals surface area contributed by atoms with E-state index in [4.69, 9.17) is 5.11 Å². The highest BCUT2D eigenvalue weighted by atomic mass is 16.3. The van der Waals surface area contributed by atoms with Crippen molar-refractivity contribution in [3.8, 4) is 0 Å². The number of aliphatic hydroxyl groups excluding tert-OH is 2. The number of hydrogen-bond acceptors (Lipinski definition) is 5. The Morgan fingerprint density at radius 3 is 2.74 bits per heavy atom. The third kappa shape index (κ3) is 2.91. The second kappa shape index (κ2) is 6.07. The summed E-state index contributed by atoms with van der Waals surface area (Å²) in [5.74, 6) is 0.0827. The van der Waals surface area contributed by atoms with Crippen LogP contribution in [-0.2, 0) is 11.8 Å². The molecule has 2 aliphatic rings. The van der Waals surface area contributed by atoms with E-state index >= 15 is 0 Å². The molecule has 0 aromatic carbocycles. The van der Waals surface area contributed by atoms with Crippen LogP contribution in [0.1, 0.15) is 12.8 Å². The number of amides is 1. The lowest BCUT2D eigenvalue weighted by atomic mass is 9.72. The second-order valence-electron chi connectivity index (χ2n) is 6.68. The van der Waals surface area contributed by atoms with E-state index in [1.54, 1.807) is 24.2 Å². The summed E-state index contributed by atoms with van der Waals surface area (Å²) >= 11 is 0. The number of pyridine rings is 1. The lowest BCUT2D eigenvalue weighted by Gasteiger charge is -2.53. The molecular formula is C16H23N3O4. The van der Waals surface area contributed by atoms with Crippen molar-refractivity contribution in [1.82, 2.24) is 9.47 Å². The van der Waals surface area contributed by atoms with Crippen molar-refractivity contribution in [2.45, 2.75) is 18.9 Å². The highest BCUT2D eigenvalue weighted by molar-refractivity contribution is 6.04. The van der Waals surface area contributed by atoms with Gasteiger partial charge in [0.05, 0.1) is 23.8 Å². The third-order valence-corrected chi connectivity index (χ3v) is 4.88. The Morgan fingerprint density at radius 2 is 2.09 bits per heavy atom. The fourth-order valence-electron chi connectivity index (χ4n) is 3.63. The lowest BCUT2D eigenvalue weighted by molar-refractivity contribution is -0.140. The van der Waals surface area contributed by atoms with E-state index < -0.39 is 6.10 Å². The van der Waals surface area contributed by atoms with E-state index in [1.807, 2.05) is 0 Å². The predicted octanol–water partition coefficient (Wildman–Crippen LogP) is -0.833. The number of rotatable bonds is 4. The average Bonchev–Trinajstić information content (AvgIpc) is 2.55. The first-order valence-corrected chi connectivity index (χ1v) is 7.95. The Labute approximate surface area is 134 Å². The van der Waals surface area contributed by atoms with Crippen LogP contribution in [0.4, 0.5) is 5.69 Å². The number of aromatic nitrogens is 1. The molecule has 23 heavy (non-hydrogen) atoms. The largest absolute Gasteiger partial charge is 0.394 e. The molecular weight excluding hydrogens is 298 g/mol. The Bertz CT molecular complexity index is 659. The number of piperidine rings is 1. The van der Waals surface area contributed by atoms with Gasteiger partial charge in [0, 0.05) is 38.9 Å². The summed E-state index contributed by atoms with van der Waals surface area (Å²) in [4.78, 5) is 28.0. The molecule has 0 aliphatic carbocycles. The van der Waals surface area contributed by atoms with Gasteiger partial charge < -0.3 is 19.7 Å². The van der Waals surface area contributed by atoms with Crippen molar-refractivity contribution >= 4 is 11.6 Å². The van der Waals surface area contributed by atoms with Crippen molar-refractivity contribution in [3.63, 3.8) is 0 Å². The fraction of sp³-hybridized carbons (Fsp3) is 0.625. The van der Waals surface area contributed by atoms with Gasteiger partial charge in [-0.25, -0.2) is 0 Å². The van der Waals surface area contributed by atoms with Gasteiger partial charge in [-0.3, -0.25) is 14.5 Å². The second-order valence-corrected chi connectivity index (χ2v) is 6.68. The van der Waals surface area contributed by atoms with Gasteiger partial charge in [0.15, 0.2) is 0 Å². The molecule has 3 heterocycles. The molecule has 1 aromatic heterocycles. The van der Waals surface area contributed by atoms with Crippen LogP contribution in [0.2, 0.25) is 0 Å². The summed E-state index contributed by atoms with van der Waals surface area (Å²) < 4.78 is 1.47. The van der Waals surface area contributed by atoms with Crippen molar-refractivity contribution < 1.29 is 15.0 Å². The van der Waals surface area contributed by atoms with E-state index in [0.29, 0.717) is 19.6 Å². The van der Waals surface area contributed by atoms with Crippen LogP contribution in [0.15, 0.2) is 23.1 Å². The number of aliphatic hydroxyl groups is 2. The summed E-state index contributed by atoms with van der Waals surface area (Å²) in [6, 6.07) is 3.15. The van der Waals surface area contributed by atoms with E-state index in [9.17, 15) is 14.7 Å². The molecule has 2 saturated heterocycles. The number of nitrogens with zero attached hydrogens (tertiary/aromatic N) is 3. The molecule has 2 aliphatic heterocycles. The topological polar surface area (TPSA) is 86.0 Å². The third-order valence-electron chi connectivity index (χ3n) is 4.88. The molecule has 0 bridgehead atoms. The number of likely N-dealkylation sites (tertiary alicyclic amines) is 1. The zero-order valence-corrected chi connectivity index (χ0v) is 13.3. The van der Waals surface area contributed by atoms with Crippen LogP contribution in [0.25, 0.3) is 0 Å². The van der Waals surface area contributed by atoms with Crippen LogP contribution in [0.5, 0.6) is 0 Å². The number of aryl methyl sites for hydroxylation is 1. The monoisotopic (exact) mass is 321 g/mol. The quantitative estimate of drug-likeness (QED) is 0.707. The highest BCUT2D eigenvalue weighted by Crippen LogP contribution is 2.42. The van der Waals surface area contributed by atoms with Crippen LogP contribution in [-0.4, -0.2) is 64.5 Å². The first kappa shape index (κ1) is 16.2. The van der Waals surface area contributed by atoms with Crippen molar-refractivity contribution in [2.75, 3.05) is 37.7 Å². The van der Waals surface area contributed by atoms with E-state index in [0.717, 1.165) is 25.1 Å². The summed E-state index contributed by atoms with van der Waals surface area (Å²) in [6.07, 6.45) is 2.67. The molecule has 0 saturated carbocycles. The molecule has 126 valence electrons. The Balaban J connectivity index is 1.70. The predicted molar refractivity (Wildman–Crippen MR) is 85.2 cm³/mol. The Hall–Kier alpha value is -1.70. The SMILES string of the molecule is Cn1cc(N2C[C@@]3(CCCN(C[C@@H](O)CO)C3)C2=O)ccc1=O. The van der Waals surface area contributed by atoms with Gasteiger partial charge in [-0.15, -0.1) is 0 Å². The van der Waals surface area contributed by atoms with Gasteiger partial charge in [0.25, 0.3) is 0 Å². The molecule has 1 aromatic rings. The number of carbonyl (C=O) groups excluding carboxylic acids is 1. The minimum Gasteiger partial charge on any atom is -0.394 e. The van der Waals surface area contributed by atoms with Gasteiger partial charge in [0.1, 0.15) is 0 Å². The number of anilines is 1. The fourth-order valence-corrected chi connectivity index (χ4v) is 3.63. The maximum absolute atomic E-state index is 12.7. The van der Waals surface area contributed by atoms with Gasteiger partial charge >= 0.3 is 0 Å². The molecule has 1 amide bonds. The summed E-state index contributed by atoms with van der Waals surface area (Å²) in [6.45, 7) is 2.22. The van der Waals surface area contributed by atoms with E-state index in [2.05, 4.69) is 4.90 Å². The average molecular weight is 321 g/mol. The summed E-state index contributed by atoms with van der Waals surface area (Å²) in [7, 11) is 1.67. The Morgan fingerprint density at radius 1 is 1.30 bits per heavy atom. The number of carbonyl (C=O) groups is 1. The summed E-state index contributed by atoms with van der Waals surface area (Å²) in [5.41, 5.74) is 0.260. The van der Waals surface area contributed by atoms with Crippen LogP contribution in [0, 0.1) is 5.41 Å². The molecule has 0 radical (unpaired) electrons. The lowest BCUT2D eigenvalue weighted by Crippen LogP contribution is -2.67. The minimum atomic E-state index is -0.764. The van der Waals surface area contributed by atoms with Crippen molar-refractivity contribution in [2.24, 2.45) is 12.5 Å². The van der Waals surface area contributed by atoms with Gasteiger partial charge in [-0.2, -0.15) is 0 Å².